The van der Waals surface area contributed by atoms with Gasteiger partial charge in [0.15, 0.2) is 11.6 Å². The Kier molecular flexibility index (Phi) is 14.7. The number of likely N-dealkylation sites (tertiary alicyclic amines) is 2. The summed E-state index contributed by atoms with van der Waals surface area (Å²) in [4.78, 5) is 41.3. The van der Waals surface area contributed by atoms with Gasteiger partial charge in [-0.05, 0) is 179 Å². The summed E-state index contributed by atoms with van der Waals surface area (Å²) < 4.78 is 12.0. The molecule has 8 nitrogen and oxygen atoms in total. The van der Waals surface area contributed by atoms with Gasteiger partial charge >= 0.3 is 0 Å². The second-order valence-corrected chi connectivity index (χ2v) is 19.1. The van der Waals surface area contributed by atoms with E-state index in [1.54, 1.807) is 12.4 Å². The lowest BCUT2D eigenvalue weighted by Gasteiger charge is -2.50. The molecule has 0 bridgehead atoms. The number of carbonyl (C=O) groups is 2. The van der Waals surface area contributed by atoms with Crippen LogP contribution in [0.4, 0.5) is 0 Å². The average Bonchev–Trinajstić information content (AvgIpc) is 3.16. The third-order valence-corrected chi connectivity index (χ3v) is 13.0. The number of rotatable bonds is 12. The maximum Gasteiger partial charge on any atom is 0.187 e. The molecule has 4 saturated heterocycles. The second-order valence-electron chi connectivity index (χ2n) is 19.1. The molecule has 2 aromatic heterocycles. The number of aromatic nitrogens is 2. The molecule has 4 aliphatic rings. The van der Waals surface area contributed by atoms with Crippen LogP contribution in [0.1, 0.15) is 141 Å². The van der Waals surface area contributed by atoms with Gasteiger partial charge in [0.2, 0.25) is 0 Å². The minimum Gasteiger partial charge on any atom is -0.376 e. The van der Waals surface area contributed by atoms with Crippen molar-refractivity contribution in [3.63, 3.8) is 0 Å². The van der Waals surface area contributed by atoms with E-state index in [1.165, 1.54) is 25.9 Å². The summed E-state index contributed by atoms with van der Waals surface area (Å²) in [5.74, 6) is 2.81. The van der Waals surface area contributed by atoms with Crippen LogP contribution in [0.15, 0.2) is 48.8 Å². The highest BCUT2D eigenvalue weighted by molar-refractivity contribution is 6.00. The van der Waals surface area contributed by atoms with Crippen LogP contribution in [0, 0.1) is 34.5 Å². The van der Waals surface area contributed by atoms with Crippen molar-refractivity contribution in [1.82, 2.24) is 19.8 Å². The fourth-order valence-electron chi connectivity index (χ4n) is 10.1. The molecule has 0 N–H and O–H groups in total. The number of nitrogens with zero attached hydrogens (tertiary/aromatic N) is 4. The van der Waals surface area contributed by atoms with Gasteiger partial charge in [-0.25, -0.2) is 0 Å². The number of Topliss-reactive ketones (excluding diaryl/α,β-unsaturated/α-hetero) is 2. The zero-order valence-corrected chi connectivity index (χ0v) is 35.1. The number of hydrogen-bond acceptors (Lipinski definition) is 8. The highest BCUT2D eigenvalue weighted by Gasteiger charge is 2.53. The molecule has 4 fully saturated rings. The largest absolute Gasteiger partial charge is 0.376 e. The van der Waals surface area contributed by atoms with Crippen molar-refractivity contribution < 1.29 is 19.1 Å². The summed E-state index contributed by atoms with van der Waals surface area (Å²) in [5, 5.41) is 0. The lowest BCUT2D eigenvalue weighted by Crippen LogP contribution is -2.52. The average molecular weight is 745 g/mol. The molecule has 54 heavy (non-hydrogen) atoms. The number of piperidine rings is 2. The molecule has 0 unspecified atom stereocenters. The van der Waals surface area contributed by atoms with Gasteiger partial charge in [-0.15, -0.1) is 0 Å². The van der Waals surface area contributed by atoms with E-state index >= 15 is 0 Å². The number of ketones is 2. The van der Waals surface area contributed by atoms with Crippen molar-refractivity contribution in [2.45, 2.75) is 131 Å². The van der Waals surface area contributed by atoms with Crippen molar-refractivity contribution >= 4 is 11.6 Å². The molecule has 2 atom stereocenters. The number of hydrogen-bond donors (Lipinski definition) is 0. The Hall–Kier alpha value is -2.52. The molecule has 0 aromatic carbocycles. The first-order valence-electron chi connectivity index (χ1n) is 21.3. The van der Waals surface area contributed by atoms with Crippen LogP contribution in [0.3, 0.4) is 0 Å². The fraction of sp³-hybridized carbons (Fsp3) is 0.739. The van der Waals surface area contributed by atoms with Gasteiger partial charge < -0.3 is 19.3 Å². The van der Waals surface area contributed by atoms with Gasteiger partial charge in [0.05, 0.1) is 11.2 Å². The molecule has 0 spiro atoms. The third-order valence-electron chi connectivity index (χ3n) is 13.0. The first kappa shape index (κ1) is 42.6. The molecule has 0 aliphatic carbocycles. The van der Waals surface area contributed by atoms with Crippen LogP contribution in [-0.4, -0.2) is 95.0 Å². The van der Waals surface area contributed by atoms with E-state index in [2.05, 4.69) is 75.2 Å². The van der Waals surface area contributed by atoms with Crippen molar-refractivity contribution in [2.24, 2.45) is 34.5 Å². The first-order valence-corrected chi connectivity index (χ1v) is 21.3. The Morgan fingerprint density at radius 3 is 1.31 bits per heavy atom. The van der Waals surface area contributed by atoms with Gasteiger partial charge in [-0.3, -0.25) is 19.6 Å². The predicted octanol–water partition coefficient (Wildman–Crippen LogP) is 9.20. The van der Waals surface area contributed by atoms with E-state index in [4.69, 9.17) is 9.47 Å². The predicted molar refractivity (Wildman–Crippen MR) is 218 cm³/mol. The van der Waals surface area contributed by atoms with Crippen molar-refractivity contribution in [3.8, 4) is 0 Å². The van der Waals surface area contributed by atoms with E-state index in [1.807, 2.05) is 36.4 Å². The summed E-state index contributed by atoms with van der Waals surface area (Å²) in [5.41, 5.74) is 0.0740. The molecule has 2 aromatic rings. The summed E-state index contributed by atoms with van der Waals surface area (Å²) in [7, 11) is 0. The monoisotopic (exact) mass is 745 g/mol. The van der Waals surface area contributed by atoms with Crippen LogP contribution in [-0.2, 0) is 9.47 Å². The zero-order chi connectivity index (χ0) is 39.0. The molecular formula is C46H72N4O4. The van der Waals surface area contributed by atoms with Crippen molar-refractivity contribution in [2.75, 3.05) is 52.5 Å². The standard InChI is InChI=1S/2C23H36N2O2/c2*1-18(2)8-13-25-14-9-19(10-15-25)23(11-16-27-22(3,4)17-23)21(26)20-7-5-6-12-24-20/h2*5-7,12,18-19H,8-11,13-17H2,1-4H3/t2*23-/m10/s1. The smallest absolute Gasteiger partial charge is 0.187 e. The maximum atomic E-state index is 13.7. The Balaban J connectivity index is 0.000000208. The van der Waals surface area contributed by atoms with E-state index in [0.717, 1.165) is 89.4 Å². The fourth-order valence-corrected chi connectivity index (χ4v) is 10.1. The Labute approximate surface area is 327 Å². The normalized spacial score (nSPS) is 27.0. The molecule has 6 heterocycles. The minimum atomic E-state index is -0.333. The quantitative estimate of drug-likeness (QED) is 0.199. The Morgan fingerprint density at radius 1 is 0.648 bits per heavy atom. The third kappa shape index (κ3) is 10.9. The van der Waals surface area contributed by atoms with Crippen LogP contribution < -0.4 is 0 Å². The summed E-state index contributed by atoms with van der Waals surface area (Å²) in [6.07, 6.45) is 13.6. The SMILES string of the molecule is CC(C)CCN1CCC([C@@]2(C(=O)c3ccccn3)CCOC(C)(C)C2)CC1.CC(C)CCN1CCC([C@]2(C(=O)c3ccccn3)CCOC(C)(C)C2)CC1. The highest BCUT2D eigenvalue weighted by atomic mass is 16.5. The van der Waals surface area contributed by atoms with E-state index in [-0.39, 0.29) is 33.6 Å². The van der Waals surface area contributed by atoms with Gasteiger partial charge in [0.25, 0.3) is 0 Å². The number of ether oxygens (including phenoxy) is 2. The molecule has 0 radical (unpaired) electrons. The molecule has 4 aliphatic heterocycles. The molecular weight excluding hydrogens is 673 g/mol. The highest BCUT2D eigenvalue weighted by Crippen LogP contribution is 2.51. The Morgan fingerprint density at radius 2 is 1.02 bits per heavy atom. The van der Waals surface area contributed by atoms with Crippen LogP contribution in [0.2, 0.25) is 0 Å². The summed E-state index contributed by atoms with van der Waals surface area (Å²) in [6.45, 7) is 25.8. The number of pyridine rings is 2. The molecule has 0 amide bonds. The zero-order valence-electron chi connectivity index (χ0n) is 35.1. The minimum absolute atomic E-state index is 0.236. The first-order chi connectivity index (χ1) is 25.6. The molecule has 0 saturated carbocycles. The van der Waals surface area contributed by atoms with Gasteiger partial charge in [-0.2, -0.15) is 0 Å². The van der Waals surface area contributed by atoms with Gasteiger partial charge in [0, 0.05) is 36.4 Å². The van der Waals surface area contributed by atoms with Crippen LogP contribution in [0.25, 0.3) is 0 Å². The maximum absolute atomic E-state index is 13.7. The lowest BCUT2D eigenvalue weighted by molar-refractivity contribution is -0.113. The van der Waals surface area contributed by atoms with E-state index < -0.39 is 0 Å². The Bertz CT molecular complexity index is 1350. The van der Waals surface area contributed by atoms with Gasteiger partial charge in [0.1, 0.15) is 11.4 Å². The summed E-state index contributed by atoms with van der Waals surface area (Å²) in [6, 6.07) is 11.4. The van der Waals surface area contributed by atoms with Crippen molar-refractivity contribution in [1.29, 1.82) is 0 Å². The molecule has 8 heteroatoms. The topological polar surface area (TPSA) is 84.9 Å². The summed E-state index contributed by atoms with van der Waals surface area (Å²) >= 11 is 0. The second kappa shape index (κ2) is 18.6. The van der Waals surface area contributed by atoms with Crippen LogP contribution >= 0.6 is 0 Å². The molecule has 300 valence electrons. The van der Waals surface area contributed by atoms with Gasteiger partial charge in [-0.1, -0.05) is 39.8 Å². The van der Waals surface area contributed by atoms with Crippen LogP contribution in [0.5, 0.6) is 0 Å². The molecule has 6 rings (SSSR count). The number of carbonyl (C=O) groups excluding carboxylic acids is 2. The van der Waals surface area contributed by atoms with E-state index in [0.29, 0.717) is 36.4 Å². The lowest BCUT2D eigenvalue weighted by atomic mass is 9.60. The van der Waals surface area contributed by atoms with E-state index in [9.17, 15) is 9.59 Å². The van der Waals surface area contributed by atoms with Crippen molar-refractivity contribution in [3.05, 3.63) is 60.2 Å².